The molecule has 0 aliphatic rings. The number of hydrogen-bond donors (Lipinski definition) is 3. The summed E-state index contributed by atoms with van der Waals surface area (Å²) in [6.07, 6.45) is 0. The molecule has 21 aromatic rings. The summed E-state index contributed by atoms with van der Waals surface area (Å²) in [5.41, 5.74) is 35.9. The Morgan fingerprint density at radius 1 is 0.131 bits per heavy atom. The zero-order valence-electron chi connectivity index (χ0n) is 74.4. The van der Waals surface area contributed by atoms with Crippen molar-refractivity contribution in [3.8, 4) is 122 Å². The van der Waals surface area contributed by atoms with E-state index in [0.29, 0.717) is 0 Å². The second kappa shape index (κ2) is 47.3. The van der Waals surface area contributed by atoms with E-state index in [0.717, 1.165) is 106 Å². The highest BCUT2D eigenvalue weighted by Crippen LogP contribution is 2.42. The van der Waals surface area contributed by atoms with Crippen LogP contribution in [0, 0.1) is 0 Å². The van der Waals surface area contributed by atoms with Gasteiger partial charge in [0.15, 0.2) is 0 Å². The summed E-state index contributed by atoms with van der Waals surface area (Å²) in [5, 5.41) is 11.9. The molecule has 0 heterocycles. The van der Waals surface area contributed by atoms with Gasteiger partial charge in [0.05, 0.1) is 0 Å². The van der Waals surface area contributed by atoms with Gasteiger partial charge in [0.25, 0.3) is 0 Å². The van der Waals surface area contributed by atoms with Gasteiger partial charge in [-0.3, -0.25) is 0 Å². The molecule has 3 N–H and O–H groups in total. The molecule has 0 fully saturated rings. The molecule has 0 bridgehead atoms. The van der Waals surface area contributed by atoms with Crippen molar-refractivity contribution in [3.05, 3.63) is 566 Å². The zero-order valence-corrected chi connectivity index (χ0v) is 83.8. The van der Waals surface area contributed by atoms with Gasteiger partial charge in [0.1, 0.15) is 0 Å². The van der Waals surface area contributed by atoms with Crippen LogP contribution in [0.4, 0.5) is 51.2 Å². The maximum atomic E-state index is 6.06. The van der Waals surface area contributed by atoms with Crippen LogP contribution < -0.4 is 20.9 Å². The Kier molecular flexibility index (Phi) is 32.7. The van der Waals surface area contributed by atoms with Gasteiger partial charge in [0, 0.05) is 83.6 Å². The predicted molar refractivity (Wildman–Crippen MR) is 604 cm³/mol. The van der Waals surface area contributed by atoms with Gasteiger partial charge in [-0.1, -0.05) is 412 Å². The minimum Gasteiger partial charge on any atom is -0.356 e. The molecule has 21 aromatic carbocycles. The molecule has 137 heavy (non-hydrogen) atoms. The lowest BCUT2D eigenvalue weighted by Gasteiger charge is -2.26. The summed E-state index contributed by atoms with van der Waals surface area (Å²) in [7, 11) is 0. The van der Waals surface area contributed by atoms with Gasteiger partial charge in [0.2, 0.25) is 0 Å². The fourth-order valence-corrected chi connectivity index (χ4v) is 19.9. The van der Waals surface area contributed by atoms with E-state index in [9.17, 15) is 0 Å². The van der Waals surface area contributed by atoms with Gasteiger partial charge in [-0.2, -0.15) is 0 Å². The van der Waals surface area contributed by atoms with Gasteiger partial charge in [-0.15, -0.1) is 0 Å². The van der Waals surface area contributed by atoms with Crippen molar-refractivity contribution in [3.63, 3.8) is 0 Å². The number of anilines is 9. The lowest BCUT2D eigenvalue weighted by atomic mass is 9.93. The summed E-state index contributed by atoms with van der Waals surface area (Å²) < 4.78 is 5.40. The summed E-state index contributed by atoms with van der Waals surface area (Å²) in [4.78, 5) is 2.31. The molecule has 0 unspecified atom stereocenters. The predicted octanol–water partition coefficient (Wildman–Crippen LogP) is 40.6. The van der Waals surface area contributed by atoms with Crippen LogP contribution in [0.5, 0.6) is 0 Å². The number of nitrogens with zero attached hydrogens (tertiary/aromatic N) is 1. The molecule has 0 aliphatic carbocycles. The Morgan fingerprint density at radius 3 is 0.504 bits per heavy atom. The molecule has 21 rings (SSSR count). The van der Waals surface area contributed by atoms with Gasteiger partial charge >= 0.3 is 0 Å². The molecule has 0 radical (unpaired) electrons. The van der Waals surface area contributed by atoms with Gasteiger partial charge < -0.3 is 20.9 Å². The van der Waals surface area contributed by atoms with E-state index in [4.69, 9.17) is 23.2 Å². The van der Waals surface area contributed by atoms with Crippen molar-refractivity contribution in [2.75, 3.05) is 20.9 Å². The highest BCUT2D eigenvalue weighted by Gasteiger charge is 2.17. The zero-order chi connectivity index (χ0) is 93.9. The van der Waals surface area contributed by atoms with E-state index in [2.05, 4.69) is 507 Å². The smallest absolute Gasteiger partial charge is 0.0462 e. The Hall–Kier alpha value is -14.2. The highest BCUT2D eigenvalue weighted by atomic mass is 79.9. The largest absolute Gasteiger partial charge is 0.356 e. The van der Waals surface area contributed by atoms with Crippen molar-refractivity contribution in [1.82, 2.24) is 0 Å². The van der Waals surface area contributed by atoms with Crippen molar-refractivity contribution >= 4 is 154 Å². The van der Waals surface area contributed by atoms with Crippen molar-refractivity contribution in [2.45, 2.75) is 0 Å². The minimum atomic E-state index is 0.742. The Labute approximate surface area is 855 Å². The number of rotatable bonds is 20. The number of benzene rings is 21. The fraction of sp³-hybridized carbons (Fsp3) is 0. The van der Waals surface area contributed by atoms with Crippen molar-refractivity contribution < 1.29 is 0 Å². The minimum absolute atomic E-state index is 0.742. The standard InChI is InChI=1S/C48H36N2.C36H28N2.C24H16Cl2.C12H8Br2.C6H3Br3/c1-5-13-36(14-6-1)38-23-29-47(30-24-38)50(46-19-11-4-12-20-46)48-31-25-40(26-32-48)43-34-41(37-15-7-2-8-16-37)33-42(35-43)39-21-27-45(28-22-39)49-44-17-9-3-10-18-44;1-4-10-27(11-5-1)30-24-31(28-16-20-35(21-17-28)37-33-12-6-2-7-13-33)26-32(25-30)29-18-22-36(23-19-29)38-34-14-8-3-9-15-34;25-23-10-6-18(7-11-23)21-14-20(17-4-2-1-3-5-17)15-22(16-21)19-8-12-24(26)13-9-19;13-11-6-10(7-12(14)8-11)9-4-2-1-3-5-9;7-4-1-5(8)3-6(9)2-4/h1-35,49H;1-26,37-38H;1-16H;1-8H;1-3H. The molecule has 0 saturated heterocycles. The first-order chi connectivity index (χ1) is 67.2. The SMILES string of the molecule is Brc1cc(Br)cc(-c2ccccc2)c1.Brc1cc(Br)cc(Br)c1.Clc1ccc(-c2cc(-c3ccccc3)cc(-c3ccc(Cl)cc3)c2)cc1.c1ccc(Nc2ccc(-c3cc(-c4ccccc4)cc(-c4ccc(N(c5ccccc5)c5ccc(-c6ccccc6)cc5)cc4)c3)cc2)cc1.c1ccc(Nc2ccc(-c3cc(-c4ccccc4)cc(-c4ccc(Nc5ccccc5)cc4)c3)cc2)cc1. The molecule has 0 amide bonds. The van der Waals surface area contributed by atoms with Crippen LogP contribution in [-0.2, 0) is 0 Å². The van der Waals surface area contributed by atoms with Crippen LogP contribution in [0.25, 0.3) is 122 Å². The van der Waals surface area contributed by atoms with Crippen molar-refractivity contribution in [1.29, 1.82) is 0 Å². The number of hydrogen-bond acceptors (Lipinski definition) is 4. The van der Waals surface area contributed by atoms with E-state index in [1.165, 1.54) is 100 Å². The first-order valence-corrected chi connectivity index (χ1v) is 49.6. The molecule has 4 nitrogen and oxygen atoms in total. The van der Waals surface area contributed by atoms with E-state index in [1.54, 1.807) is 0 Å². The Morgan fingerprint density at radius 2 is 0.277 bits per heavy atom. The molecule has 0 saturated carbocycles. The average Bonchev–Trinajstić information content (AvgIpc) is 0.775. The van der Waals surface area contributed by atoms with E-state index in [1.807, 2.05) is 127 Å². The molecule has 664 valence electrons. The van der Waals surface area contributed by atoms with Crippen LogP contribution in [0.3, 0.4) is 0 Å². The lowest BCUT2D eigenvalue weighted by Crippen LogP contribution is -2.09. The normalized spacial score (nSPS) is 10.6. The Bertz CT molecular complexity index is 7200. The van der Waals surface area contributed by atoms with E-state index in [-0.39, 0.29) is 0 Å². The summed E-state index contributed by atoms with van der Waals surface area (Å²) in [6.45, 7) is 0. The molecular weight excluding hydrogens is 2040 g/mol. The maximum absolute atomic E-state index is 6.06. The number of halogens is 7. The highest BCUT2D eigenvalue weighted by molar-refractivity contribution is 9.12. The average molecular weight is 2130 g/mol. The van der Waals surface area contributed by atoms with E-state index < -0.39 is 0 Å². The monoisotopic (exact) mass is 2120 g/mol. The van der Waals surface area contributed by atoms with Crippen LogP contribution in [0.2, 0.25) is 10.0 Å². The third-order valence-electron chi connectivity index (χ3n) is 22.8. The van der Waals surface area contributed by atoms with Crippen molar-refractivity contribution in [2.24, 2.45) is 0 Å². The first kappa shape index (κ1) is 94.6. The molecule has 0 aliphatic heterocycles. The summed E-state index contributed by atoms with van der Waals surface area (Å²) in [5.74, 6) is 0. The second-order valence-corrected chi connectivity index (χ2v) is 37.9. The second-order valence-electron chi connectivity index (χ2n) is 32.5. The van der Waals surface area contributed by atoms with E-state index >= 15 is 0 Å². The third-order valence-corrected chi connectivity index (χ3v) is 25.6. The van der Waals surface area contributed by atoms with Crippen LogP contribution in [0.1, 0.15) is 0 Å². The van der Waals surface area contributed by atoms with Gasteiger partial charge in [-0.05, 0) is 347 Å². The maximum Gasteiger partial charge on any atom is 0.0462 e. The van der Waals surface area contributed by atoms with Crippen LogP contribution in [-0.4, -0.2) is 0 Å². The topological polar surface area (TPSA) is 39.3 Å². The van der Waals surface area contributed by atoms with Crippen LogP contribution in [0.15, 0.2) is 556 Å². The molecule has 11 heteroatoms. The number of para-hydroxylation sites is 4. The first-order valence-electron chi connectivity index (χ1n) is 44.8. The van der Waals surface area contributed by atoms with Gasteiger partial charge in [-0.25, -0.2) is 0 Å². The molecule has 0 atom stereocenters. The summed E-state index contributed by atoms with van der Waals surface area (Å²) in [6, 6.07) is 186. The lowest BCUT2D eigenvalue weighted by molar-refractivity contribution is 1.28. The molecule has 0 spiro atoms. The molecular formula is C126H91Br5Cl2N4. The fourth-order valence-electron chi connectivity index (χ4n) is 16.0. The third kappa shape index (κ3) is 26.7. The Balaban J connectivity index is 0.000000131. The van der Waals surface area contributed by atoms with Crippen LogP contribution >= 0.6 is 103 Å². The summed E-state index contributed by atoms with van der Waals surface area (Å²) >= 11 is 29.1. The molecule has 0 aromatic heterocycles. The number of nitrogens with one attached hydrogen (secondary N) is 3. The quantitative estimate of drug-likeness (QED) is 0.0711.